The van der Waals surface area contributed by atoms with Crippen molar-refractivity contribution in [2.45, 2.75) is 5.75 Å². The lowest BCUT2D eigenvalue weighted by Crippen LogP contribution is -2.12. The van der Waals surface area contributed by atoms with E-state index in [0.717, 1.165) is 66.5 Å². The van der Waals surface area contributed by atoms with Gasteiger partial charge in [0.1, 0.15) is 0 Å². The second-order valence-corrected chi connectivity index (χ2v) is 19.4. The molecular formula is C67H46N2O2S. The van der Waals surface area contributed by atoms with Gasteiger partial charge in [-0.05, 0) is 126 Å². The SMILES string of the molecule is O=S(O)Cc1cccc(N(c2cccc(-n3c4ccc(-c5ccccc5)cc4c4cc(-c5ccccc5)ccc43)c2)c2c3ccccc3c(-c3ccc(-c4cccc5ccccc45)cc3)c3ccccc23)c1. The van der Waals surface area contributed by atoms with E-state index in [1.54, 1.807) is 0 Å². The van der Waals surface area contributed by atoms with Crippen LogP contribution >= 0.6 is 0 Å². The highest BCUT2D eigenvalue weighted by Gasteiger charge is 2.24. The summed E-state index contributed by atoms with van der Waals surface area (Å²) in [7, 11) is 0. The maximum absolute atomic E-state index is 12.4. The molecule has 1 N–H and O–H groups in total. The number of anilines is 3. The third kappa shape index (κ3) is 7.64. The van der Waals surface area contributed by atoms with Crippen molar-refractivity contribution in [3.63, 3.8) is 0 Å². The zero-order chi connectivity index (χ0) is 48.1. The Morgan fingerprint density at radius 3 is 1.47 bits per heavy atom. The minimum atomic E-state index is -2.02. The minimum absolute atomic E-state index is 0.0220. The van der Waals surface area contributed by atoms with Gasteiger partial charge in [0.2, 0.25) is 0 Å². The Labute approximate surface area is 420 Å². The summed E-state index contributed by atoms with van der Waals surface area (Å²) >= 11 is -2.02. The van der Waals surface area contributed by atoms with E-state index in [0.29, 0.717) is 0 Å². The molecule has 12 aromatic carbocycles. The van der Waals surface area contributed by atoms with Crippen molar-refractivity contribution in [2.75, 3.05) is 4.90 Å². The van der Waals surface area contributed by atoms with Gasteiger partial charge in [-0.15, -0.1) is 0 Å². The summed E-state index contributed by atoms with van der Waals surface area (Å²) < 4.78 is 24.9. The van der Waals surface area contributed by atoms with Gasteiger partial charge in [-0.1, -0.05) is 206 Å². The molecule has 0 bridgehead atoms. The molecule has 1 unspecified atom stereocenters. The van der Waals surface area contributed by atoms with Crippen LogP contribution < -0.4 is 4.90 Å². The highest BCUT2D eigenvalue weighted by atomic mass is 32.2. The molecule has 0 aliphatic rings. The molecular weight excluding hydrogens is 897 g/mol. The molecule has 0 radical (unpaired) electrons. The second kappa shape index (κ2) is 18.1. The fourth-order valence-corrected chi connectivity index (χ4v) is 11.4. The quantitative estimate of drug-likeness (QED) is 0.110. The lowest BCUT2D eigenvalue weighted by atomic mass is 9.89. The standard InChI is InChI=1S/C67H46N2O2S/c70-72(71)44-45-16-13-23-53(40-45)68(67-60-29-11-9-27-58(60)66(59-28-10-12-30-61(59)67)50-34-32-49(33-35-50)57-31-14-22-48-21-7-8-26-56(48)57)54-24-15-25-55(43-54)69-64-38-36-51(46-17-3-1-4-18-46)41-62(64)63-42-52(37-39-65(63)69)47-19-5-2-6-20-47/h1-43H,44H2,(H,70,71). The van der Waals surface area contributed by atoms with Crippen LogP contribution in [0.2, 0.25) is 0 Å². The summed E-state index contributed by atoms with van der Waals surface area (Å²) in [6.45, 7) is 0. The lowest BCUT2D eigenvalue weighted by Gasteiger charge is -2.30. The second-order valence-electron chi connectivity index (χ2n) is 18.4. The van der Waals surface area contributed by atoms with Crippen LogP contribution in [0.3, 0.4) is 0 Å². The first-order valence-electron chi connectivity index (χ1n) is 24.3. The third-order valence-electron chi connectivity index (χ3n) is 14.2. The molecule has 0 saturated carbocycles. The van der Waals surface area contributed by atoms with E-state index < -0.39 is 11.1 Å². The van der Waals surface area contributed by atoms with Crippen LogP contribution in [0.1, 0.15) is 5.56 Å². The van der Waals surface area contributed by atoms with Crippen LogP contribution in [-0.2, 0) is 16.8 Å². The van der Waals surface area contributed by atoms with Gasteiger partial charge in [0.25, 0.3) is 0 Å². The molecule has 72 heavy (non-hydrogen) atoms. The number of nitrogens with zero attached hydrogens (tertiary/aromatic N) is 2. The fourth-order valence-electron chi connectivity index (χ4n) is 11.0. The number of hydrogen-bond donors (Lipinski definition) is 1. The normalized spacial score (nSPS) is 12.0. The minimum Gasteiger partial charge on any atom is -0.309 e. The van der Waals surface area contributed by atoms with Gasteiger partial charge in [0.05, 0.1) is 22.5 Å². The Morgan fingerprint density at radius 2 is 0.861 bits per heavy atom. The van der Waals surface area contributed by atoms with E-state index in [4.69, 9.17) is 0 Å². The van der Waals surface area contributed by atoms with E-state index in [9.17, 15) is 8.76 Å². The van der Waals surface area contributed by atoms with Crippen molar-refractivity contribution in [1.82, 2.24) is 4.57 Å². The number of rotatable bonds is 10. The third-order valence-corrected chi connectivity index (χ3v) is 14.8. The van der Waals surface area contributed by atoms with Crippen molar-refractivity contribution in [2.24, 2.45) is 0 Å². The van der Waals surface area contributed by atoms with Crippen LogP contribution in [0.4, 0.5) is 17.1 Å². The molecule has 342 valence electrons. The largest absolute Gasteiger partial charge is 0.309 e. The van der Waals surface area contributed by atoms with Gasteiger partial charge in [0.15, 0.2) is 11.1 Å². The monoisotopic (exact) mass is 942 g/mol. The van der Waals surface area contributed by atoms with Crippen molar-refractivity contribution in [3.8, 4) is 50.2 Å². The van der Waals surface area contributed by atoms with Crippen molar-refractivity contribution in [1.29, 1.82) is 0 Å². The van der Waals surface area contributed by atoms with Gasteiger partial charge >= 0.3 is 0 Å². The maximum Gasteiger partial charge on any atom is 0.157 e. The smallest absolute Gasteiger partial charge is 0.157 e. The molecule has 0 fully saturated rings. The van der Waals surface area contributed by atoms with E-state index in [-0.39, 0.29) is 5.75 Å². The summed E-state index contributed by atoms with van der Waals surface area (Å²) in [6.07, 6.45) is 0. The first kappa shape index (κ1) is 43.2. The van der Waals surface area contributed by atoms with Crippen LogP contribution in [0.5, 0.6) is 0 Å². The average molecular weight is 943 g/mol. The highest BCUT2D eigenvalue weighted by molar-refractivity contribution is 7.78. The van der Waals surface area contributed by atoms with Gasteiger partial charge in [-0.2, -0.15) is 0 Å². The summed E-state index contributed by atoms with van der Waals surface area (Å²) in [6, 6.07) is 93.3. The van der Waals surface area contributed by atoms with Gasteiger partial charge in [0, 0.05) is 38.6 Å². The van der Waals surface area contributed by atoms with Gasteiger partial charge in [-0.25, -0.2) is 4.21 Å². The molecule has 13 rings (SSSR count). The number of benzene rings is 12. The first-order chi connectivity index (χ1) is 35.5. The molecule has 5 heteroatoms. The number of aromatic nitrogens is 1. The van der Waals surface area contributed by atoms with Crippen LogP contribution in [0, 0.1) is 0 Å². The molecule has 0 spiro atoms. The Bertz CT molecular complexity index is 4060. The number of fused-ring (bicyclic) bond motifs is 6. The topological polar surface area (TPSA) is 45.5 Å². The first-order valence-corrected chi connectivity index (χ1v) is 25.6. The van der Waals surface area contributed by atoms with E-state index in [1.165, 1.54) is 60.5 Å². The molecule has 4 nitrogen and oxygen atoms in total. The van der Waals surface area contributed by atoms with Crippen molar-refractivity contribution >= 4 is 82.3 Å². The molecule has 0 saturated heterocycles. The Hall–Kier alpha value is -8.87. The van der Waals surface area contributed by atoms with Crippen LogP contribution in [0.15, 0.2) is 261 Å². The predicted molar refractivity (Wildman–Crippen MR) is 304 cm³/mol. The molecule has 13 aromatic rings. The molecule has 1 atom stereocenters. The summed E-state index contributed by atoms with van der Waals surface area (Å²) in [5.41, 5.74) is 16.2. The van der Waals surface area contributed by atoms with Crippen molar-refractivity contribution in [3.05, 3.63) is 266 Å². The van der Waals surface area contributed by atoms with Gasteiger partial charge in [-0.3, -0.25) is 0 Å². The molecule has 1 aromatic heterocycles. The summed E-state index contributed by atoms with van der Waals surface area (Å²) in [4.78, 5) is 2.35. The Kier molecular flexibility index (Phi) is 10.9. The average Bonchev–Trinajstić information content (AvgIpc) is 3.76. The van der Waals surface area contributed by atoms with Crippen LogP contribution in [-0.4, -0.2) is 13.3 Å². The van der Waals surface area contributed by atoms with E-state index in [1.807, 2.05) is 12.1 Å². The lowest BCUT2D eigenvalue weighted by molar-refractivity contribution is 0.563. The summed E-state index contributed by atoms with van der Waals surface area (Å²) in [5.74, 6) is 0.0220. The fraction of sp³-hybridized carbons (Fsp3) is 0.0149. The molecule has 1 heterocycles. The highest BCUT2D eigenvalue weighted by Crippen LogP contribution is 2.49. The zero-order valence-corrected chi connectivity index (χ0v) is 40.0. The Morgan fingerprint density at radius 1 is 0.375 bits per heavy atom. The van der Waals surface area contributed by atoms with Gasteiger partial charge < -0.3 is 14.0 Å². The molecule has 0 amide bonds. The predicted octanol–water partition coefficient (Wildman–Crippen LogP) is 18.1. The Balaban J connectivity index is 1.02. The number of hydrogen-bond acceptors (Lipinski definition) is 2. The van der Waals surface area contributed by atoms with E-state index in [2.05, 4.69) is 258 Å². The van der Waals surface area contributed by atoms with Crippen molar-refractivity contribution < 1.29 is 8.76 Å². The maximum atomic E-state index is 12.4. The summed E-state index contributed by atoms with van der Waals surface area (Å²) in [5, 5.41) is 9.24. The van der Waals surface area contributed by atoms with Crippen LogP contribution in [0.25, 0.3) is 104 Å². The molecule has 0 aliphatic carbocycles. The van der Waals surface area contributed by atoms with E-state index >= 15 is 0 Å². The molecule has 0 aliphatic heterocycles. The zero-order valence-electron chi connectivity index (χ0n) is 39.2.